The Kier molecular flexibility index (Phi) is 5.76. The van der Waals surface area contributed by atoms with Crippen LogP contribution in [0.1, 0.15) is 0 Å². The van der Waals surface area contributed by atoms with Crippen molar-refractivity contribution < 1.29 is 0 Å². The molecule has 266 valence electrons. The Labute approximate surface area is 331 Å². The fraction of sp³-hybridized carbons (Fsp3) is 0. The third kappa shape index (κ3) is 3.81. The highest BCUT2D eigenvalue weighted by molar-refractivity contribution is 6.37. The Morgan fingerprint density at radius 1 is 0.276 bits per heavy atom. The second-order valence-corrected chi connectivity index (χ2v) is 15.9. The molecule has 3 nitrogen and oxygen atoms in total. The molecule has 9 aromatic carbocycles. The SMILES string of the molecule is c1ccc2c(c1)cc1c3c4ccccc4c4cc(-c5ccc6cc7c8c9ccccc9c9ccccc9c8c8cccnc8n7c6c5)ccc4c3c3ccccc3n21. The van der Waals surface area contributed by atoms with Gasteiger partial charge in [-0.3, -0.25) is 4.40 Å². The Balaban J connectivity index is 1.09. The molecular weight excluding hydrogens is 703 g/mol. The number of para-hydroxylation sites is 2. The molecule has 0 amide bonds. The second kappa shape index (κ2) is 11.0. The van der Waals surface area contributed by atoms with Crippen molar-refractivity contribution in [2.45, 2.75) is 0 Å². The lowest BCUT2D eigenvalue weighted by Crippen LogP contribution is -1.95. The van der Waals surface area contributed by atoms with Gasteiger partial charge in [0.1, 0.15) is 5.65 Å². The number of aromatic nitrogens is 3. The number of nitrogens with zero attached hydrogens (tertiary/aromatic N) is 3. The van der Waals surface area contributed by atoms with E-state index in [1.165, 1.54) is 114 Å². The maximum Gasteiger partial charge on any atom is 0.145 e. The standard InChI is InChI=1S/C55H31N3/c1-9-21-46-34(12-1)30-49-53-41-18-7-4-15-38(41)45-28-32(25-26-42(45)51(53)43-19-8-10-22-47(43)57(46)49)33-23-24-35-31-50-54-40-17-6-3-14-37(40)36-13-2-5-16-39(36)52(54)44-20-11-27-56-55(44)58(50)48(35)29-33/h1-31H. The van der Waals surface area contributed by atoms with E-state index in [1.807, 2.05) is 6.20 Å². The number of benzene rings is 9. The highest BCUT2D eigenvalue weighted by atomic mass is 15.0. The zero-order valence-corrected chi connectivity index (χ0v) is 31.2. The molecular formula is C55H31N3. The largest absolute Gasteiger partial charge is 0.309 e. The number of fused-ring (bicyclic) bond motifs is 26. The molecule has 3 heteroatoms. The van der Waals surface area contributed by atoms with E-state index in [1.54, 1.807) is 0 Å². The molecule has 5 aromatic heterocycles. The second-order valence-electron chi connectivity index (χ2n) is 15.9. The summed E-state index contributed by atoms with van der Waals surface area (Å²) in [5.74, 6) is 0. The van der Waals surface area contributed by atoms with Gasteiger partial charge in [-0.05, 0) is 103 Å². The van der Waals surface area contributed by atoms with E-state index in [-0.39, 0.29) is 0 Å². The average molecular weight is 734 g/mol. The number of pyridine rings is 3. The fourth-order valence-electron chi connectivity index (χ4n) is 10.6. The monoisotopic (exact) mass is 733 g/mol. The van der Waals surface area contributed by atoms with Crippen LogP contribution in [-0.4, -0.2) is 13.8 Å². The Hall–Kier alpha value is -7.75. The average Bonchev–Trinajstić information content (AvgIpc) is 3.88. The van der Waals surface area contributed by atoms with Crippen molar-refractivity contribution in [3.05, 3.63) is 188 Å². The summed E-state index contributed by atoms with van der Waals surface area (Å²) in [6.07, 6.45) is 1.93. The lowest BCUT2D eigenvalue weighted by Gasteiger charge is -2.17. The number of hydrogen-bond donors (Lipinski definition) is 0. The summed E-state index contributed by atoms with van der Waals surface area (Å²) in [7, 11) is 0. The van der Waals surface area contributed by atoms with Gasteiger partial charge in [0.25, 0.3) is 0 Å². The van der Waals surface area contributed by atoms with Crippen molar-refractivity contribution in [2.75, 3.05) is 0 Å². The van der Waals surface area contributed by atoms with E-state index >= 15 is 0 Å². The van der Waals surface area contributed by atoms with E-state index in [0.717, 1.165) is 16.6 Å². The molecule has 14 aromatic rings. The molecule has 14 rings (SSSR count). The first-order valence-corrected chi connectivity index (χ1v) is 20.0. The topological polar surface area (TPSA) is 21.7 Å². The molecule has 0 aliphatic rings. The first kappa shape index (κ1) is 30.5. The molecule has 5 heterocycles. The van der Waals surface area contributed by atoms with E-state index in [2.05, 4.69) is 191 Å². The van der Waals surface area contributed by atoms with Crippen LogP contribution in [0.2, 0.25) is 0 Å². The summed E-state index contributed by atoms with van der Waals surface area (Å²) in [6, 6.07) is 67.5. The molecule has 0 aliphatic heterocycles. The van der Waals surface area contributed by atoms with Crippen molar-refractivity contribution in [3.8, 4) is 11.1 Å². The van der Waals surface area contributed by atoms with E-state index in [9.17, 15) is 0 Å². The molecule has 0 aliphatic carbocycles. The smallest absolute Gasteiger partial charge is 0.145 e. The van der Waals surface area contributed by atoms with Crippen LogP contribution in [0.3, 0.4) is 0 Å². The molecule has 0 fully saturated rings. The van der Waals surface area contributed by atoms with E-state index < -0.39 is 0 Å². The van der Waals surface area contributed by atoms with Gasteiger partial charge < -0.3 is 4.40 Å². The molecule has 0 radical (unpaired) electrons. The van der Waals surface area contributed by atoms with E-state index in [0.29, 0.717) is 0 Å². The van der Waals surface area contributed by atoms with E-state index in [4.69, 9.17) is 4.98 Å². The van der Waals surface area contributed by atoms with Crippen LogP contribution < -0.4 is 0 Å². The third-order valence-electron chi connectivity index (χ3n) is 13.0. The maximum atomic E-state index is 5.10. The summed E-state index contributed by atoms with van der Waals surface area (Å²) in [4.78, 5) is 5.10. The normalized spacial score (nSPS) is 12.5. The van der Waals surface area contributed by atoms with Crippen LogP contribution in [0.25, 0.3) is 131 Å². The van der Waals surface area contributed by atoms with Gasteiger partial charge in [-0.2, -0.15) is 0 Å². The highest BCUT2D eigenvalue weighted by Crippen LogP contribution is 2.46. The number of rotatable bonds is 1. The molecule has 0 saturated heterocycles. The Bertz CT molecular complexity index is 4150. The Morgan fingerprint density at radius 2 is 0.776 bits per heavy atom. The molecule has 0 N–H and O–H groups in total. The molecule has 0 saturated carbocycles. The summed E-state index contributed by atoms with van der Waals surface area (Å²) in [6.45, 7) is 0. The molecule has 0 atom stereocenters. The van der Waals surface area contributed by atoms with Gasteiger partial charge >= 0.3 is 0 Å². The van der Waals surface area contributed by atoms with Crippen molar-refractivity contribution in [2.24, 2.45) is 0 Å². The lowest BCUT2D eigenvalue weighted by atomic mass is 9.90. The van der Waals surface area contributed by atoms with Crippen LogP contribution in [0.4, 0.5) is 0 Å². The third-order valence-corrected chi connectivity index (χ3v) is 13.0. The highest BCUT2D eigenvalue weighted by Gasteiger charge is 2.21. The predicted molar refractivity (Wildman–Crippen MR) is 247 cm³/mol. The molecule has 0 spiro atoms. The Morgan fingerprint density at radius 3 is 1.52 bits per heavy atom. The molecule has 58 heavy (non-hydrogen) atoms. The van der Waals surface area contributed by atoms with Crippen LogP contribution >= 0.6 is 0 Å². The van der Waals surface area contributed by atoms with Crippen LogP contribution in [0.5, 0.6) is 0 Å². The van der Waals surface area contributed by atoms with Crippen molar-refractivity contribution in [1.29, 1.82) is 0 Å². The quantitative estimate of drug-likeness (QED) is 0.154. The fourth-order valence-corrected chi connectivity index (χ4v) is 10.6. The first-order chi connectivity index (χ1) is 28.8. The van der Waals surface area contributed by atoms with Gasteiger partial charge in [-0.1, -0.05) is 133 Å². The van der Waals surface area contributed by atoms with Crippen LogP contribution in [-0.2, 0) is 0 Å². The predicted octanol–water partition coefficient (Wildman–Crippen LogP) is 14.8. The lowest BCUT2D eigenvalue weighted by molar-refractivity contribution is 1.25. The summed E-state index contributed by atoms with van der Waals surface area (Å²) in [5.41, 5.74) is 9.41. The minimum atomic E-state index is 0.977. The number of hydrogen-bond acceptors (Lipinski definition) is 1. The molecule has 0 unspecified atom stereocenters. The minimum Gasteiger partial charge on any atom is -0.309 e. The summed E-state index contributed by atoms with van der Waals surface area (Å²) in [5, 5.41) is 20.2. The molecule has 0 bridgehead atoms. The van der Waals surface area contributed by atoms with Crippen molar-refractivity contribution >= 4 is 119 Å². The van der Waals surface area contributed by atoms with Gasteiger partial charge in [0.2, 0.25) is 0 Å². The van der Waals surface area contributed by atoms with Gasteiger partial charge in [0.15, 0.2) is 0 Å². The minimum absolute atomic E-state index is 0.977. The van der Waals surface area contributed by atoms with Crippen molar-refractivity contribution in [1.82, 2.24) is 13.8 Å². The first-order valence-electron chi connectivity index (χ1n) is 20.0. The van der Waals surface area contributed by atoms with Gasteiger partial charge in [-0.25, -0.2) is 4.98 Å². The van der Waals surface area contributed by atoms with Gasteiger partial charge in [0, 0.05) is 49.3 Å². The van der Waals surface area contributed by atoms with Crippen LogP contribution in [0.15, 0.2) is 188 Å². The van der Waals surface area contributed by atoms with Crippen molar-refractivity contribution in [3.63, 3.8) is 0 Å². The zero-order chi connectivity index (χ0) is 37.6. The van der Waals surface area contributed by atoms with Crippen LogP contribution in [0, 0.1) is 0 Å². The summed E-state index contributed by atoms with van der Waals surface area (Å²) >= 11 is 0. The van der Waals surface area contributed by atoms with Gasteiger partial charge in [0.05, 0.1) is 27.6 Å². The maximum absolute atomic E-state index is 5.10. The zero-order valence-electron chi connectivity index (χ0n) is 31.2. The van der Waals surface area contributed by atoms with Gasteiger partial charge in [-0.15, -0.1) is 0 Å². The summed E-state index contributed by atoms with van der Waals surface area (Å²) < 4.78 is 4.87.